The number of allylic oxidation sites excluding steroid dienone is 1. The maximum absolute atomic E-state index is 14.1. The molecule has 1 saturated carbocycles. The third kappa shape index (κ3) is 5.16. The Morgan fingerprint density at radius 3 is 2.71 bits per heavy atom. The standard InChI is InChI=1S/C30H32BrIN7O3/c1-15-5-8-23(31)35-27(15)36-28(42)22-11-30(3)29(32-30)39(22)24(41)14-38-26-20(17-6-7-17)9-18(19(12-33)13-34-4)10-21(26)25(37-38)16(2)40/h5,8-10,12-13,17,22,29H,6-7,11,14,33H2,1-4H3,(H,35,36,42)/q-1/b19-12+,34-13?/t22?,29-,30+/m0/s1. The van der Waals surface area contributed by atoms with E-state index in [1.165, 1.54) is 13.1 Å². The minimum atomic E-state index is -0.588. The molecule has 0 bridgehead atoms. The third-order valence-corrected chi connectivity index (χ3v) is 12.9. The van der Waals surface area contributed by atoms with Gasteiger partial charge in [0.2, 0.25) is 0 Å². The molecule has 1 aromatic carbocycles. The van der Waals surface area contributed by atoms with Gasteiger partial charge in [0, 0.05) is 7.05 Å². The molecule has 3 aliphatic rings. The number of Topliss-reactive ketones (excluding diaryl/α,β-unsaturated/α-hetero) is 1. The number of nitrogens with two attached hydrogens (primary N) is 1. The van der Waals surface area contributed by atoms with E-state index in [0.29, 0.717) is 33.8 Å². The molecule has 6 rings (SSSR count). The van der Waals surface area contributed by atoms with Crippen LogP contribution in [0.1, 0.15) is 66.2 Å². The van der Waals surface area contributed by atoms with E-state index in [0.717, 1.165) is 40.6 Å². The first-order valence-electron chi connectivity index (χ1n) is 13.8. The van der Waals surface area contributed by atoms with Crippen molar-refractivity contribution < 1.29 is 35.6 Å². The van der Waals surface area contributed by atoms with E-state index in [9.17, 15) is 14.4 Å². The van der Waals surface area contributed by atoms with Crippen LogP contribution in [0.5, 0.6) is 0 Å². The topological polar surface area (TPSA) is 136 Å². The zero-order chi connectivity index (χ0) is 29.9. The number of carbonyl (C=O) groups excluding carboxylic acids is 3. The number of nitrogens with zero attached hydrogens (tertiary/aromatic N) is 5. The van der Waals surface area contributed by atoms with Crippen LogP contribution in [-0.4, -0.2) is 64.0 Å². The Hall–Kier alpha value is -3.13. The summed E-state index contributed by atoms with van der Waals surface area (Å²) in [6.45, 7) is 5.50. The van der Waals surface area contributed by atoms with Gasteiger partial charge in [-0.3, -0.25) is 0 Å². The van der Waals surface area contributed by atoms with Gasteiger partial charge in [0.05, 0.1) is 0 Å². The molecule has 2 aromatic heterocycles. The van der Waals surface area contributed by atoms with Gasteiger partial charge in [-0.25, -0.2) is 0 Å². The zero-order valence-electron chi connectivity index (χ0n) is 23.8. The number of halogens is 2. The number of nitrogens with one attached hydrogen (secondary N) is 1. The van der Waals surface area contributed by atoms with Crippen LogP contribution >= 0.6 is 15.9 Å². The number of anilines is 1. The first-order valence-corrected chi connectivity index (χ1v) is 17.0. The molecule has 12 heteroatoms. The second kappa shape index (κ2) is 10.9. The van der Waals surface area contributed by atoms with Crippen LogP contribution in [0.25, 0.3) is 16.5 Å². The van der Waals surface area contributed by atoms with E-state index >= 15 is 0 Å². The molecule has 0 spiro atoms. The van der Waals surface area contributed by atoms with Crippen LogP contribution < -0.4 is 32.3 Å². The molecule has 10 nitrogen and oxygen atoms in total. The number of aliphatic imine (C=N–C) groups is 1. The number of alkyl halides is 2. The molecule has 0 radical (unpaired) electrons. The van der Waals surface area contributed by atoms with Gasteiger partial charge >= 0.3 is 257 Å². The number of aryl methyl sites for hydroxylation is 1. The Labute approximate surface area is 262 Å². The summed E-state index contributed by atoms with van der Waals surface area (Å²) in [7, 11) is 1.68. The average molecular weight is 745 g/mol. The number of amides is 2. The summed E-state index contributed by atoms with van der Waals surface area (Å²) < 4.78 is 2.43. The second-order valence-electron chi connectivity index (χ2n) is 11.3. The number of hydrogen-bond donors (Lipinski definition) is 2. The number of aromatic nitrogens is 3. The number of pyridine rings is 1. The van der Waals surface area contributed by atoms with Crippen molar-refractivity contribution in [3.8, 4) is 0 Å². The Kier molecular flexibility index (Phi) is 7.49. The maximum atomic E-state index is 14.1. The van der Waals surface area contributed by atoms with Crippen molar-refractivity contribution in [2.45, 2.75) is 66.0 Å². The Morgan fingerprint density at radius 2 is 2.05 bits per heavy atom. The van der Waals surface area contributed by atoms with Gasteiger partial charge in [-0.05, 0) is 0 Å². The fourth-order valence-electron chi connectivity index (χ4n) is 5.83. The van der Waals surface area contributed by atoms with E-state index < -0.39 is 6.04 Å². The average Bonchev–Trinajstić information content (AvgIpc) is 3.85. The SMILES string of the molecule is CN=C/C(=C\N)c1cc(C2CC2)c2c(c1)c(C(C)=O)nn2CC(=O)N1C(C(=O)Nc2nc(Br)ccc2C)C[C@@]2(C)[I-][C@@H]12. The fraction of sp³-hybridized carbons (Fsp3) is 0.400. The first-order chi connectivity index (χ1) is 20.0. The summed E-state index contributed by atoms with van der Waals surface area (Å²) in [5, 5.41) is 8.35. The summed E-state index contributed by atoms with van der Waals surface area (Å²) in [5.74, 6) is 0.232. The van der Waals surface area contributed by atoms with Crippen molar-refractivity contribution in [2.24, 2.45) is 10.7 Å². The van der Waals surface area contributed by atoms with Crippen molar-refractivity contribution in [3.63, 3.8) is 0 Å². The number of ketones is 1. The summed E-state index contributed by atoms with van der Waals surface area (Å²) in [5.41, 5.74) is 10.5. The van der Waals surface area contributed by atoms with Gasteiger partial charge in [-0.15, -0.1) is 0 Å². The summed E-state index contributed by atoms with van der Waals surface area (Å²) >= 11 is 3.13. The van der Waals surface area contributed by atoms with Crippen LogP contribution in [-0.2, 0) is 16.1 Å². The number of hydrogen-bond acceptors (Lipinski definition) is 7. The second-order valence-corrected chi connectivity index (χ2v) is 16.4. The van der Waals surface area contributed by atoms with Crippen LogP contribution in [0.4, 0.5) is 5.82 Å². The van der Waals surface area contributed by atoms with Crippen molar-refractivity contribution in [1.82, 2.24) is 19.7 Å². The Balaban J connectivity index is 1.35. The monoisotopic (exact) mass is 744 g/mol. The molecule has 3 fully saturated rings. The number of fused-ring (bicyclic) bond motifs is 2. The molecule has 2 amide bonds. The molecule has 3 aromatic rings. The summed E-state index contributed by atoms with van der Waals surface area (Å²) in [4.78, 5) is 50.7. The predicted octanol–water partition coefficient (Wildman–Crippen LogP) is 1.01. The van der Waals surface area contributed by atoms with Gasteiger partial charge in [0.25, 0.3) is 0 Å². The van der Waals surface area contributed by atoms with E-state index in [4.69, 9.17) is 5.73 Å². The Morgan fingerprint density at radius 1 is 1.29 bits per heavy atom. The number of rotatable bonds is 8. The number of carbonyl (C=O) groups is 3. The molecule has 2 saturated heterocycles. The van der Waals surface area contributed by atoms with Crippen LogP contribution in [0.2, 0.25) is 0 Å². The van der Waals surface area contributed by atoms with Gasteiger partial charge in [-0.1, -0.05) is 0 Å². The van der Waals surface area contributed by atoms with Gasteiger partial charge in [-0.2, -0.15) is 0 Å². The van der Waals surface area contributed by atoms with E-state index in [1.54, 1.807) is 22.8 Å². The van der Waals surface area contributed by atoms with Crippen LogP contribution in [0, 0.1) is 6.92 Å². The molecule has 3 N–H and O–H groups in total. The molecule has 1 unspecified atom stereocenters. The molecule has 2 aliphatic heterocycles. The molecule has 220 valence electrons. The molecule has 42 heavy (non-hydrogen) atoms. The quantitative estimate of drug-likeness (QED) is 0.0884. The zero-order valence-corrected chi connectivity index (χ0v) is 27.6. The van der Waals surface area contributed by atoms with E-state index in [1.807, 2.05) is 25.1 Å². The van der Waals surface area contributed by atoms with Crippen LogP contribution in [0.15, 0.2) is 40.1 Å². The molecular weight excluding hydrogens is 713 g/mol. The molecule has 3 atom stereocenters. The first kappa shape index (κ1) is 29.0. The number of likely N-dealkylation sites (tertiary alicyclic amines) is 1. The molecule has 4 heterocycles. The third-order valence-electron chi connectivity index (χ3n) is 8.16. The van der Waals surface area contributed by atoms with Gasteiger partial charge < -0.3 is 0 Å². The van der Waals surface area contributed by atoms with Crippen molar-refractivity contribution in [3.05, 3.63) is 57.5 Å². The van der Waals surface area contributed by atoms with E-state index in [-0.39, 0.29) is 52.8 Å². The van der Waals surface area contributed by atoms with Crippen molar-refractivity contribution in [2.75, 3.05) is 12.4 Å². The van der Waals surface area contributed by atoms with Crippen molar-refractivity contribution >= 4 is 62.0 Å². The molecule has 1 aliphatic carbocycles. The van der Waals surface area contributed by atoms with E-state index in [2.05, 4.69) is 49.3 Å². The number of benzene rings is 1. The summed E-state index contributed by atoms with van der Waals surface area (Å²) in [6, 6.07) is 7.11. The fourth-order valence-corrected chi connectivity index (χ4v) is 9.54. The van der Waals surface area contributed by atoms with Crippen molar-refractivity contribution in [1.29, 1.82) is 0 Å². The normalized spacial score (nSPS) is 23.6. The van der Waals surface area contributed by atoms with Crippen LogP contribution in [0.3, 0.4) is 0 Å². The van der Waals surface area contributed by atoms with Gasteiger partial charge in [0.15, 0.2) is 0 Å². The molecular formula is C30H32BrIN7O3-. The summed E-state index contributed by atoms with van der Waals surface area (Å²) in [6.07, 6.45) is 5.89. The van der Waals surface area contributed by atoms with Gasteiger partial charge in [0.1, 0.15) is 0 Å². The minimum absolute atomic E-state index is 0.0207. The predicted molar refractivity (Wildman–Crippen MR) is 161 cm³/mol. The Bertz CT molecular complexity index is 1710.